The molecule has 0 fully saturated rings. The van der Waals surface area contributed by atoms with Gasteiger partial charge in [-0.3, -0.25) is 0 Å². The molecule has 1 heterocycles. The molecule has 1 unspecified atom stereocenters. The molecular formula is C15H12N2O3S. The highest BCUT2D eigenvalue weighted by Crippen LogP contribution is 2.32. The van der Waals surface area contributed by atoms with Gasteiger partial charge >= 0.3 is 0 Å². The van der Waals surface area contributed by atoms with Crippen molar-refractivity contribution in [1.82, 2.24) is 4.72 Å². The van der Waals surface area contributed by atoms with Gasteiger partial charge in [0.2, 0.25) is 10.0 Å². The van der Waals surface area contributed by atoms with E-state index in [1.165, 1.54) is 12.1 Å². The number of ether oxygens (including phenoxy) is 1. The standard InChI is InChI=1S/C15H12N2O3S/c16-9-11-5-1-4-8-15(11)21(18,19)17-13-10-20-14-7-3-2-6-12(13)14/h1-8,13,17H,10H2. The number of rotatable bonds is 3. The first-order valence-corrected chi connectivity index (χ1v) is 7.83. The van der Waals surface area contributed by atoms with E-state index < -0.39 is 16.1 Å². The van der Waals surface area contributed by atoms with E-state index in [9.17, 15) is 8.42 Å². The zero-order chi connectivity index (χ0) is 14.9. The zero-order valence-electron chi connectivity index (χ0n) is 11.0. The maximum atomic E-state index is 12.5. The monoisotopic (exact) mass is 300 g/mol. The molecule has 21 heavy (non-hydrogen) atoms. The molecular weight excluding hydrogens is 288 g/mol. The minimum absolute atomic E-state index is 0.0168. The van der Waals surface area contributed by atoms with Crippen molar-refractivity contribution in [3.05, 3.63) is 59.7 Å². The molecule has 6 heteroatoms. The summed E-state index contributed by atoms with van der Waals surface area (Å²) in [4.78, 5) is -0.0168. The maximum absolute atomic E-state index is 12.5. The molecule has 1 aliphatic rings. The fourth-order valence-corrected chi connectivity index (χ4v) is 3.66. The molecule has 3 rings (SSSR count). The maximum Gasteiger partial charge on any atom is 0.242 e. The summed E-state index contributed by atoms with van der Waals surface area (Å²) < 4.78 is 33.0. The summed E-state index contributed by atoms with van der Waals surface area (Å²) in [5, 5.41) is 9.03. The lowest BCUT2D eigenvalue weighted by Gasteiger charge is -2.13. The van der Waals surface area contributed by atoms with E-state index in [1.807, 2.05) is 24.3 Å². The lowest BCUT2D eigenvalue weighted by Crippen LogP contribution is -2.30. The summed E-state index contributed by atoms with van der Waals surface area (Å²) in [6.07, 6.45) is 0. The van der Waals surface area contributed by atoms with E-state index >= 15 is 0 Å². The number of hydrogen-bond acceptors (Lipinski definition) is 4. The van der Waals surface area contributed by atoms with Crippen LogP contribution >= 0.6 is 0 Å². The Hall–Kier alpha value is -2.36. The van der Waals surface area contributed by atoms with E-state index in [0.29, 0.717) is 5.75 Å². The van der Waals surface area contributed by atoms with Crippen molar-refractivity contribution in [3.63, 3.8) is 0 Å². The predicted octanol–water partition coefficient (Wildman–Crippen LogP) is 1.97. The Balaban J connectivity index is 1.94. The number of nitrogens with zero attached hydrogens (tertiary/aromatic N) is 1. The summed E-state index contributed by atoms with van der Waals surface area (Å²) in [5.74, 6) is 0.679. The Bertz CT molecular complexity index is 825. The van der Waals surface area contributed by atoms with Crippen LogP contribution in [0.5, 0.6) is 5.75 Å². The van der Waals surface area contributed by atoms with E-state index in [1.54, 1.807) is 18.2 Å². The van der Waals surface area contributed by atoms with Crippen LogP contribution < -0.4 is 9.46 Å². The number of para-hydroxylation sites is 1. The van der Waals surface area contributed by atoms with Gasteiger partial charge in [-0.2, -0.15) is 5.26 Å². The van der Waals surface area contributed by atoms with Gasteiger partial charge in [0.15, 0.2) is 0 Å². The van der Waals surface area contributed by atoms with Gasteiger partial charge in [-0.25, -0.2) is 13.1 Å². The summed E-state index contributed by atoms with van der Waals surface area (Å²) in [7, 11) is -3.78. The van der Waals surface area contributed by atoms with Gasteiger partial charge < -0.3 is 4.74 Å². The Kier molecular flexibility index (Phi) is 3.37. The summed E-state index contributed by atoms with van der Waals surface area (Å²) in [6.45, 7) is 0.243. The van der Waals surface area contributed by atoms with Gasteiger partial charge in [-0.15, -0.1) is 0 Å². The fraction of sp³-hybridized carbons (Fsp3) is 0.133. The first kappa shape index (κ1) is 13.6. The molecule has 1 atom stereocenters. The van der Waals surface area contributed by atoms with E-state index in [0.717, 1.165) is 5.56 Å². The van der Waals surface area contributed by atoms with Crippen molar-refractivity contribution in [2.45, 2.75) is 10.9 Å². The van der Waals surface area contributed by atoms with Gasteiger partial charge in [0.25, 0.3) is 0 Å². The molecule has 0 aliphatic carbocycles. The molecule has 5 nitrogen and oxygen atoms in total. The van der Waals surface area contributed by atoms with Crippen molar-refractivity contribution in [2.75, 3.05) is 6.61 Å². The van der Waals surface area contributed by atoms with Crippen LogP contribution in [0, 0.1) is 11.3 Å². The molecule has 2 aromatic carbocycles. The normalized spacial score (nSPS) is 16.8. The van der Waals surface area contributed by atoms with Crippen LogP contribution in [0.25, 0.3) is 0 Å². The smallest absolute Gasteiger partial charge is 0.242 e. The Morgan fingerprint density at radius 3 is 2.67 bits per heavy atom. The summed E-state index contributed by atoms with van der Waals surface area (Å²) >= 11 is 0. The molecule has 0 saturated heterocycles. The number of fused-ring (bicyclic) bond motifs is 1. The summed E-state index contributed by atoms with van der Waals surface area (Å²) in [5.41, 5.74) is 0.924. The highest BCUT2D eigenvalue weighted by molar-refractivity contribution is 7.89. The molecule has 2 aromatic rings. The Morgan fingerprint density at radius 2 is 1.86 bits per heavy atom. The van der Waals surface area contributed by atoms with E-state index in [2.05, 4.69) is 4.72 Å². The molecule has 106 valence electrons. The minimum Gasteiger partial charge on any atom is -0.491 e. The number of nitriles is 1. The highest BCUT2D eigenvalue weighted by atomic mass is 32.2. The molecule has 0 radical (unpaired) electrons. The van der Waals surface area contributed by atoms with Crippen LogP contribution in [-0.2, 0) is 10.0 Å². The topological polar surface area (TPSA) is 79.2 Å². The van der Waals surface area contributed by atoms with Crippen LogP contribution in [0.15, 0.2) is 53.4 Å². The lowest BCUT2D eigenvalue weighted by atomic mass is 10.1. The number of nitrogens with one attached hydrogen (secondary N) is 1. The van der Waals surface area contributed by atoms with Crippen LogP contribution in [0.3, 0.4) is 0 Å². The average molecular weight is 300 g/mol. The van der Waals surface area contributed by atoms with Gasteiger partial charge in [0.05, 0.1) is 16.5 Å². The van der Waals surface area contributed by atoms with Crippen LogP contribution in [-0.4, -0.2) is 15.0 Å². The van der Waals surface area contributed by atoms with Gasteiger partial charge in [0.1, 0.15) is 18.4 Å². The second-order valence-corrected chi connectivity index (χ2v) is 6.31. The predicted molar refractivity (Wildman–Crippen MR) is 76.2 cm³/mol. The van der Waals surface area contributed by atoms with E-state index in [4.69, 9.17) is 10.00 Å². The second-order valence-electron chi connectivity index (χ2n) is 4.63. The highest BCUT2D eigenvalue weighted by Gasteiger charge is 2.29. The van der Waals surface area contributed by atoms with Crippen LogP contribution in [0.1, 0.15) is 17.2 Å². The third-order valence-corrected chi connectivity index (χ3v) is 4.82. The van der Waals surface area contributed by atoms with Gasteiger partial charge in [-0.05, 0) is 18.2 Å². The van der Waals surface area contributed by atoms with Gasteiger partial charge in [-0.1, -0.05) is 30.3 Å². The molecule has 0 amide bonds. The first-order valence-electron chi connectivity index (χ1n) is 6.35. The summed E-state index contributed by atoms with van der Waals surface area (Å²) in [6, 6.07) is 14.9. The van der Waals surface area contributed by atoms with Crippen molar-refractivity contribution >= 4 is 10.0 Å². The largest absolute Gasteiger partial charge is 0.491 e. The molecule has 0 aromatic heterocycles. The van der Waals surface area contributed by atoms with Crippen molar-refractivity contribution in [1.29, 1.82) is 5.26 Å². The Morgan fingerprint density at radius 1 is 1.14 bits per heavy atom. The molecule has 0 bridgehead atoms. The SMILES string of the molecule is N#Cc1ccccc1S(=O)(=O)NC1COc2ccccc21. The number of benzene rings is 2. The zero-order valence-corrected chi connectivity index (χ0v) is 11.8. The fourth-order valence-electron chi connectivity index (χ4n) is 2.30. The molecule has 1 aliphatic heterocycles. The van der Waals surface area contributed by atoms with Crippen LogP contribution in [0.2, 0.25) is 0 Å². The van der Waals surface area contributed by atoms with Crippen molar-refractivity contribution in [3.8, 4) is 11.8 Å². The van der Waals surface area contributed by atoms with Gasteiger partial charge in [0, 0.05) is 5.56 Å². The quantitative estimate of drug-likeness (QED) is 0.940. The van der Waals surface area contributed by atoms with Crippen LogP contribution in [0.4, 0.5) is 0 Å². The number of sulfonamides is 1. The average Bonchev–Trinajstić information content (AvgIpc) is 2.90. The minimum atomic E-state index is -3.78. The van der Waals surface area contributed by atoms with Crippen molar-refractivity contribution < 1.29 is 13.2 Å². The Labute approximate surface area is 122 Å². The first-order chi connectivity index (χ1) is 10.1. The second kappa shape index (κ2) is 5.20. The molecule has 1 N–H and O–H groups in total. The molecule has 0 spiro atoms. The number of hydrogen-bond donors (Lipinski definition) is 1. The third kappa shape index (κ3) is 2.49. The third-order valence-electron chi connectivity index (χ3n) is 3.29. The molecule has 0 saturated carbocycles. The van der Waals surface area contributed by atoms with Crippen molar-refractivity contribution in [2.24, 2.45) is 0 Å². The van der Waals surface area contributed by atoms with E-state index in [-0.39, 0.29) is 17.1 Å². The lowest BCUT2D eigenvalue weighted by molar-refractivity contribution is 0.325.